The van der Waals surface area contributed by atoms with Crippen molar-refractivity contribution >= 4 is 0 Å². The molecule has 0 spiro atoms. The molecular weight excluding hydrogens is 144 g/mol. The third-order valence-corrected chi connectivity index (χ3v) is 3.81. The Hall–Kier alpha value is 0. The highest BCUT2D eigenvalue weighted by Crippen LogP contribution is 2.39. The summed E-state index contributed by atoms with van der Waals surface area (Å²) >= 11 is 0. The Bertz CT molecular complexity index is 117. The van der Waals surface area contributed by atoms with Gasteiger partial charge in [-0.3, -0.25) is 0 Å². The fourth-order valence-corrected chi connectivity index (χ4v) is 2.53. The molecule has 0 aromatic heterocycles. The van der Waals surface area contributed by atoms with E-state index in [2.05, 4.69) is 20.8 Å². The van der Waals surface area contributed by atoms with E-state index in [0.717, 1.165) is 17.8 Å². The summed E-state index contributed by atoms with van der Waals surface area (Å²) in [5.41, 5.74) is 0. The highest BCUT2D eigenvalue weighted by molar-refractivity contribution is 4.79. The Labute approximate surface area is 77.7 Å². The van der Waals surface area contributed by atoms with Crippen LogP contribution in [0.5, 0.6) is 0 Å². The monoisotopic (exact) mass is 168 g/mol. The normalized spacial score (nSPS) is 35.8. The molecule has 3 atom stereocenters. The maximum absolute atomic E-state index is 2.45. The van der Waals surface area contributed by atoms with Crippen LogP contribution in [0.2, 0.25) is 0 Å². The quantitative estimate of drug-likeness (QED) is 0.550. The molecule has 0 radical (unpaired) electrons. The van der Waals surface area contributed by atoms with Gasteiger partial charge in [0.2, 0.25) is 0 Å². The van der Waals surface area contributed by atoms with Gasteiger partial charge in [-0.15, -0.1) is 0 Å². The zero-order valence-corrected chi connectivity index (χ0v) is 8.97. The van der Waals surface area contributed by atoms with Crippen LogP contribution in [0, 0.1) is 17.8 Å². The molecule has 1 rings (SSSR count). The van der Waals surface area contributed by atoms with Crippen LogP contribution in [0.4, 0.5) is 0 Å². The van der Waals surface area contributed by atoms with Gasteiger partial charge < -0.3 is 0 Å². The largest absolute Gasteiger partial charge is 0.0654 e. The van der Waals surface area contributed by atoms with E-state index in [1.165, 1.54) is 38.5 Å². The molecule has 0 aliphatic heterocycles. The van der Waals surface area contributed by atoms with Gasteiger partial charge >= 0.3 is 0 Å². The standard InChI is InChI=1S/C12H24/c1-4-5-6-7-12-9-8-10(2)11(12)3/h10-12H,4-9H2,1-3H3. The van der Waals surface area contributed by atoms with Crippen LogP contribution in [-0.2, 0) is 0 Å². The van der Waals surface area contributed by atoms with Crippen molar-refractivity contribution in [3.05, 3.63) is 0 Å². The van der Waals surface area contributed by atoms with Crippen molar-refractivity contribution in [1.29, 1.82) is 0 Å². The third-order valence-electron chi connectivity index (χ3n) is 3.81. The minimum absolute atomic E-state index is 0.997. The highest BCUT2D eigenvalue weighted by atomic mass is 14.3. The van der Waals surface area contributed by atoms with Crippen molar-refractivity contribution in [2.75, 3.05) is 0 Å². The average Bonchev–Trinajstić information content (AvgIpc) is 2.36. The fourth-order valence-electron chi connectivity index (χ4n) is 2.53. The first-order chi connectivity index (χ1) is 5.75. The zero-order valence-electron chi connectivity index (χ0n) is 8.97. The van der Waals surface area contributed by atoms with Gasteiger partial charge in [-0.1, -0.05) is 52.9 Å². The molecule has 0 bridgehead atoms. The lowest BCUT2D eigenvalue weighted by atomic mass is 9.89. The maximum Gasteiger partial charge on any atom is -0.0386 e. The van der Waals surface area contributed by atoms with Crippen molar-refractivity contribution < 1.29 is 0 Å². The predicted molar refractivity (Wildman–Crippen MR) is 55.2 cm³/mol. The molecule has 72 valence electrons. The molecular formula is C12H24. The van der Waals surface area contributed by atoms with Crippen LogP contribution in [-0.4, -0.2) is 0 Å². The van der Waals surface area contributed by atoms with Gasteiger partial charge in [0.05, 0.1) is 0 Å². The highest BCUT2D eigenvalue weighted by Gasteiger charge is 2.28. The average molecular weight is 168 g/mol. The van der Waals surface area contributed by atoms with E-state index >= 15 is 0 Å². The summed E-state index contributed by atoms with van der Waals surface area (Å²) in [6.07, 6.45) is 8.77. The first-order valence-electron chi connectivity index (χ1n) is 5.75. The van der Waals surface area contributed by atoms with Gasteiger partial charge in [0.1, 0.15) is 0 Å². The van der Waals surface area contributed by atoms with Crippen LogP contribution in [0.3, 0.4) is 0 Å². The molecule has 0 aromatic rings. The van der Waals surface area contributed by atoms with Crippen molar-refractivity contribution in [3.63, 3.8) is 0 Å². The Balaban J connectivity index is 2.16. The van der Waals surface area contributed by atoms with Crippen LogP contribution in [0.15, 0.2) is 0 Å². The molecule has 3 unspecified atom stereocenters. The third kappa shape index (κ3) is 2.50. The Morgan fingerprint density at radius 1 is 1.08 bits per heavy atom. The zero-order chi connectivity index (χ0) is 8.97. The molecule has 0 saturated heterocycles. The molecule has 0 N–H and O–H groups in total. The molecule has 1 aliphatic rings. The van der Waals surface area contributed by atoms with Crippen LogP contribution < -0.4 is 0 Å². The van der Waals surface area contributed by atoms with Crippen LogP contribution in [0.1, 0.15) is 59.3 Å². The summed E-state index contributed by atoms with van der Waals surface area (Å²) < 4.78 is 0. The second-order valence-corrected chi connectivity index (χ2v) is 4.67. The van der Waals surface area contributed by atoms with E-state index < -0.39 is 0 Å². The lowest BCUT2D eigenvalue weighted by molar-refractivity contribution is 0.331. The molecule has 1 saturated carbocycles. The van der Waals surface area contributed by atoms with Gasteiger partial charge in [-0.25, -0.2) is 0 Å². The Morgan fingerprint density at radius 3 is 2.33 bits per heavy atom. The minimum atomic E-state index is 0.997. The molecule has 0 heteroatoms. The molecule has 1 fully saturated rings. The molecule has 0 amide bonds. The van der Waals surface area contributed by atoms with E-state index in [1.807, 2.05) is 0 Å². The number of unbranched alkanes of at least 4 members (excludes halogenated alkanes) is 2. The number of hydrogen-bond donors (Lipinski definition) is 0. The Kier molecular flexibility index (Phi) is 4.11. The summed E-state index contributed by atoms with van der Waals surface area (Å²) in [6, 6.07) is 0. The van der Waals surface area contributed by atoms with Crippen LogP contribution in [0.25, 0.3) is 0 Å². The first-order valence-corrected chi connectivity index (χ1v) is 5.75. The van der Waals surface area contributed by atoms with Gasteiger partial charge in [0.25, 0.3) is 0 Å². The SMILES string of the molecule is CCCCCC1CCC(C)C1C. The van der Waals surface area contributed by atoms with Gasteiger partial charge in [0, 0.05) is 0 Å². The summed E-state index contributed by atoms with van der Waals surface area (Å²) in [6.45, 7) is 7.17. The predicted octanol–water partition coefficient (Wildman–Crippen LogP) is 4.25. The maximum atomic E-state index is 2.45. The lowest BCUT2D eigenvalue weighted by Gasteiger charge is -2.17. The van der Waals surface area contributed by atoms with E-state index in [0.29, 0.717) is 0 Å². The lowest BCUT2D eigenvalue weighted by Crippen LogP contribution is -2.08. The Morgan fingerprint density at radius 2 is 1.83 bits per heavy atom. The minimum Gasteiger partial charge on any atom is -0.0654 e. The summed E-state index contributed by atoms with van der Waals surface area (Å²) in [7, 11) is 0. The van der Waals surface area contributed by atoms with Crippen LogP contribution >= 0.6 is 0 Å². The second-order valence-electron chi connectivity index (χ2n) is 4.67. The molecule has 0 nitrogen and oxygen atoms in total. The van der Waals surface area contributed by atoms with E-state index in [4.69, 9.17) is 0 Å². The van der Waals surface area contributed by atoms with E-state index in [9.17, 15) is 0 Å². The second kappa shape index (κ2) is 4.89. The van der Waals surface area contributed by atoms with Crippen molar-refractivity contribution in [1.82, 2.24) is 0 Å². The van der Waals surface area contributed by atoms with E-state index in [-0.39, 0.29) is 0 Å². The number of hydrogen-bond acceptors (Lipinski definition) is 0. The molecule has 0 heterocycles. The van der Waals surface area contributed by atoms with Crippen molar-refractivity contribution in [2.24, 2.45) is 17.8 Å². The first kappa shape index (κ1) is 10.1. The van der Waals surface area contributed by atoms with Crippen molar-refractivity contribution in [3.8, 4) is 0 Å². The van der Waals surface area contributed by atoms with Gasteiger partial charge in [0.15, 0.2) is 0 Å². The smallest absolute Gasteiger partial charge is 0.0386 e. The fraction of sp³-hybridized carbons (Fsp3) is 1.00. The van der Waals surface area contributed by atoms with Crippen molar-refractivity contribution in [2.45, 2.75) is 59.3 Å². The number of rotatable bonds is 4. The summed E-state index contributed by atoms with van der Waals surface area (Å²) in [5.74, 6) is 3.06. The summed E-state index contributed by atoms with van der Waals surface area (Å²) in [5, 5.41) is 0. The topological polar surface area (TPSA) is 0 Å². The van der Waals surface area contributed by atoms with Gasteiger partial charge in [-0.05, 0) is 24.2 Å². The molecule has 12 heavy (non-hydrogen) atoms. The molecule has 0 aromatic carbocycles. The summed E-state index contributed by atoms with van der Waals surface area (Å²) in [4.78, 5) is 0. The molecule has 1 aliphatic carbocycles. The van der Waals surface area contributed by atoms with Gasteiger partial charge in [-0.2, -0.15) is 0 Å². The van der Waals surface area contributed by atoms with E-state index in [1.54, 1.807) is 0 Å².